The van der Waals surface area contributed by atoms with E-state index in [0.29, 0.717) is 5.57 Å². The average molecular weight is 663 g/mol. The highest BCUT2D eigenvalue weighted by atomic mass is 16.1. The van der Waals surface area contributed by atoms with E-state index in [0.717, 1.165) is 56.9 Å². The van der Waals surface area contributed by atoms with E-state index in [1.807, 2.05) is 6.21 Å². The summed E-state index contributed by atoms with van der Waals surface area (Å²) in [5.74, 6) is 0.285. The van der Waals surface area contributed by atoms with Crippen LogP contribution in [0.2, 0.25) is 0 Å². The van der Waals surface area contributed by atoms with Gasteiger partial charge in [0.1, 0.15) is 32.0 Å². The summed E-state index contributed by atoms with van der Waals surface area (Å²) in [6, 6.07) is 10.8. The summed E-state index contributed by atoms with van der Waals surface area (Å²) in [4.78, 5) is 22.9. The van der Waals surface area contributed by atoms with E-state index >= 15 is 0 Å². The van der Waals surface area contributed by atoms with Crippen LogP contribution in [0.4, 0.5) is 0 Å². The number of hydrogen-bond acceptors (Lipinski definition) is 7. The number of piperazine rings is 4. The van der Waals surface area contributed by atoms with Crippen molar-refractivity contribution in [2.45, 2.75) is 18.6 Å². The third kappa shape index (κ3) is 6.25. The molecule has 0 aromatic heterocycles. The number of carbonyl (C=O) groups is 1. The lowest BCUT2D eigenvalue weighted by atomic mass is 10.0. The van der Waals surface area contributed by atoms with Gasteiger partial charge in [-0.2, -0.15) is 0 Å². The molecular formula is C37H62N10O+4. The molecule has 7 aliphatic heterocycles. The van der Waals surface area contributed by atoms with Crippen LogP contribution >= 0.6 is 0 Å². The molecule has 262 valence electrons. The van der Waals surface area contributed by atoms with Crippen LogP contribution in [0.3, 0.4) is 0 Å². The molecule has 0 radical (unpaired) electrons. The van der Waals surface area contributed by atoms with Gasteiger partial charge < -0.3 is 38.8 Å². The Labute approximate surface area is 288 Å². The maximum atomic E-state index is 12.6. The van der Waals surface area contributed by atoms with Crippen molar-refractivity contribution in [3.05, 3.63) is 47.3 Å². The Morgan fingerprint density at radius 1 is 0.604 bits per heavy atom. The Bertz CT molecular complexity index is 1340. The molecule has 0 saturated carbocycles. The molecule has 4 spiro atoms. The molecular weight excluding hydrogens is 600 g/mol. The Morgan fingerprint density at radius 2 is 1.08 bits per heavy atom. The van der Waals surface area contributed by atoms with Gasteiger partial charge in [0.2, 0.25) is 5.79 Å². The zero-order chi connectivity index (χ0) is 32.5. The van der Waals surface area contributed by atoms with Gasteiger partial charge in [-0.25, -0.2) is 9.89 Å². The Kier molecular flexibility index (Phi) is 9.15. The van der Waals surface area contributed by atoms with E-state index in [4.69, 9.17) is 4.99 Å². The van der Waals surface area contributed by atoms with Crippen LogP contribution in [0.25, 0.3) is 0 Å². The van der Waals surface area contributed by atoms with Gasteiger partial charge in [-0.05, 0) is 0 Å². The van der Waals surface area contributed by atoms with Gasteiger partial charge in [0, 0.05) is 50.8 Å². The fourth-order valence-corrected chi connectivity index (χ4v) is 10.6. The fourth-order valence-electron chi connectivity index (χ4n) is 10.6. The first-order valence-electron chi connectivity index (χ1n) is 19.4. The van der Waals surface area contributed by atoms with Gasteiger partial charge in [0.15, 0.2) is 6.29 Å². The summed E-state index contributed by atoms with van der Waals surface area (Å²) >= 11 is 0. The Hall–Kier alpha value is -2.38. The van der Waals surface area contributed by atoms with Crippen LogP contribution in [0.15, 0.2) is 46.7 Å². The van der Waals surface area contributed by atoms with E-state index in [1.54, 1.807) is 0 Å². The molecule has 1 atom stereocenters. The minimum Gasteiger partial charge on any atom is -0.346 e. The molecule has 6 fully saturated rings. The van der Waals surface area contributed by atoms with Crippen molar-refractivity contribution < 1.29 is 22.7 Å². The topological polar surface area (TPSA) is 72.0 Å². The van der Waals surface area contributed by atoms with Gasteiger partial charge in [0.05, 0.1) is 110 Å². The highest BCUT2D eigenvalue weighted by Gasteiger charge is 2.49. The molecule has 1 aromatic carbocycles. The minimum atomic E-state index is -0.698. The third-order valence-electron chi connectivity index (χ3n) is 14.1. The highest BCUT2D eigenvalue weighted by Crippen LogP contribution is 2.35. The average Bonchev–Trinajstić information content (AvgIpc) is 3.41. The zero-order valence-electron chi connectivity index (χ0n) is 29.5. The quantitative estimate of drug-likeness (QED) is 0.307. The summed E-state index contributed by atoms with van der Waals surface area (Å²) in [7, 11) is 0. The second-order valence-electron chi connectivity index (χ2n) is 16.5. The lowest BCUT2D eigenvalue weighted by molar-refractivity contribution is -0.966. The van der Waals surface area contributed by atoms with Gasteiger partial charge >= 0.3 is 0 Å². The van der Waals surface area contributed by atoms with Crippen LogP contribution < -0.4 is 16.0 Å². The minimum absolute atomic E-state index is 0.689. The van der Waals surface area contributed by atoms with E-state index in [9.17, 15) is 4.79 Å². The van der Waals surface area contributed by atoms with Crippen LogP contribution in [-0.4, -0.2) is 197 Å². The summed E-state index contributed by atoms with van der Waals surface area (Å²) < 4.78 is 5.15. The van der Waals surface area contributed by atoms with Crippen molar-refractivity contribution in [3.63, 3.8) is 0 Å². The summed E-state index contributed by atoms with van der Waals surface area (Å²) in [5, 5.41) is 11.2. The first kappa shape index (κ1) is 32.8. The van der Waals surface area contributed by atoms with Crippen molar-refractivity contribution in [2.24, 2.45) is 4.99 Å². The molecule has 0 amide bonds. The molecule has 1 aromatic rings. The van der Waals surface area contributed by atoms with Crippen LogP contribution in [0, 0.1) is 0 Å². The van der Waals surface area contributed by atoms with Gasteiger partial charge in [-0.1, -0.05) is 30.3 Å². The predicted molar refractivity (Wildman–Crippen MR) is 190 cm³/mol. The molecule has 0 aliphatic carbocycles. The molecule has 11 nitrogen and oxygen atoms in total. The van der Waals surface area contributed by atoms with Crippen molar-refractivity contribution in [1.82, 2.24) is 25.8 Å². The Balaban J connectivity index is 0.981. The number of hydrogen-bond donors (Lipinski definition) is 3. The summed E-state index contributed by atoms with van der Waals surface area (Å²) in [6.45, 7) is 29.0. The maximum absolute atomic E-state index is 12.6. The van der Waals surface area contributed by atoms with E-state index in [2.05, 4.69) is 56.1 Å². The molecule has 48 heavy (non-hydrogen) atoms. The monoisotopic (exact) mass is 663 g/mol. The number of nitrogens with one attached hydrogen (secondary N) is 3. The zero-order valence-corrected chi connectivity index (χ0v) is 29.5. The fraction of sp³-hybridized carbons (Fsp3) is 0.730. The summed E-state index contributed by atoms with van der Waals surface area (Å²) in [6.07, 6.45) is 5.57. The van der Waals surface area contributed by atoms with Gasteiger partial charge in [-0.3, -0.25) is 4.79 Å². The molecule has 7 aliphatic rings. The molecule has 7 heterocycles. The van der Waals surface area contributed by atoms with Crippen molar-refractivity contribution in [1.29, 1.82) is 0 Å². The molecule has 11 heteroatoms. The number of quaternary nitrogens is 4. The number of allylic oxidation sites excluding steroid dienone is 1. The largest absolute Gasteiger partial charge is 0.346 e. The van der Waals surface area contributed by atoms with Gasteiger partial charge in [-0.15, -0.1) is 0 Å². The standard InChI is InChI=1S/C37H61N10O/c48-33-34-32-40-37(35-6-2-1-3-7-35,43-14-26-47(27-15-43)19-5-17-45(29-31-47)22-10-39-11-23-45)41-36(34)42-12-24-46(25-13-42)18-4-16-44(28-30-46)20-8-38-9-21-44/h1-3,6-7,32-33,38-39H,4-5,8-31H2/q+3/p+1. The lowest BCUT2D eigenvalue weighted by Crippen LogP contribution is -2.69. The van der Waals surface area contributed by atoms with E-state index in [1.165, 1.54) is 149 Å². The first-order chi connectivity index (χ1) is 23.5. The number of carbonyl (C=O) groups excluding carboxylic acids is 1. The molecule has 3 N–H and O–H groups in total. The molecule has 6 saturated heterocycles. The molecule has 0 bridgehead atoms. The third-order valence-corrected chi connectivity index (χ3v) is 14.1. The smallest absolute Gasteiger partial charge is 0.215 e. The number of rotatable bonds is 4. The van der Waals surface area contributed by atoms with E-state index in [-0.39, 0.29) is 0 Å². The Morgan fingerprint density at radius 3 is 1.58 bits per heavy atom. The van der Waals surface area contributed by atoms with Crippen LogP contribution in [0.1, 0.15) is 18.4 Å². The normalized spacial score (nSPS) is 31.8. The van der Waals surface area contributed by atoms with Crippen LogP contribution in [0.5, 0.6) is 0 Å². The van der Waals surface area contributed by atoms with Crippen molar-refractivity contribution in [2.75, 3.05) is 157 Å². The highest BCUT2D eigenvalue weighted by molar-refractivity contribution is 6.03. The number of benzene rings is 1. The number of aliphatic imine (C=N–C) groups is 1. The van der Waals surface area contributed by atoms with Crippen LogP contribution in [-0.2, 0) is 10.6 Å². The molecule has 1 unspecified atom stereocenters. The second kappa shape index (κ2) is 13.4. The SMILES string of the molecule is O=CC1=C(N2CC[N+]3(CCC[N+]4(CCNCC4)CC3)CC2)NC(c2ccccc2)(N2CC[N+]3(CCC[N+]4(CCNCC4)CC3)CC2)N=C1. The van der Waals surface area contributed by atoms with Crippen molar-refractivity contribution >= 4 is 12.5 Å². The molecule has 8 rings (SSSR count). The lowest BCUT2D eigenvalue weighted by Gasteiger charge is -2.52. The second-order valence-corrected chi connectivity index (χ2v) is 16.5. The van der Waals surface area contributed by atoms with Crippen molar-refractivity contribution in [3.8, 4) is 0 Å². The maximum Gasteiger partial charge on any atom is 0.215 e. The number of aldehydes is 1. The van der Waals surface area contributed by atoms with Gasteiger partial charge in [0.25, 0.3) is 0 Å². The first-order valence-corrected chi connectivity index (χ1v) is 19.4. The summed E-state index contributed by atoms with van der Waals surface area (Å²) in [5.41, 5.74) is 1.85. The van der Waals surface area contributed by atoms with E-state index < -0.39 is 5.79 Å². The number of nitrogens with zero attached hydrogens (tertiary/aromatic N) is 7. The predicted octanol–water partition coefficient (Wildman–Crippen LogP) is -0.206.